The number of piperazine rings is 1. The van der Waals surface area contributed by atoms with E-state index >= 15 is 0 Å². The van der Waals surface area contributed by atoms with E-state index in [2.05, 4.69) is 41.0 Å². The molecule has 4 N–H and O–H groups in total. The average Bonchev–Trinajstić information content (AvgIpc) is 3.88. The number of carbonyl (C=O) groups excluding carboxylic acids is 2. The number of hydrogen-bond acceptors (Lipinski definition) is 9. The molecule has 1 aromatic heterocycles. The lowest BCUT2D eigenvalue weighted by molar-refractivity contribution is -0.119. The molecule has 3 aromatic rings. The first-order valence-corrected chi connectivity index (χ1v) is 18.6. The fourth-order valence-electron chi connectivity index (χ4n) is 8.06. The van der Waals surface area contributed by atoms with E-state index in [0.717, 1.165) is 68.9 Å². The van der Waals surface area contributed by atoms with Crippen molar-refractivity contribution in [2.24, 2.45) is 5.92 Å². The van der Waals surface area contributed by atoms with Gasteiger partial charge in [-0.3, -0.25) is 14.5 Å². The van der Waals surface area contributed by atoms with Crippen molar-refractivity contribution in [2.75, 3.05) is 50.5 Å². The fourth-order valence-corrected chi connectivity index (χ4v) is 8.06. The van der Waals surface area contributed by atoms with Crippen molar-refractivity contribution in [3.05, 3.63) is 70.9 Å². The van der Waals surface area contributed by atoms with E-state index in [9.17, 15) is 18.4 Å². The number of hydrogen-bond donors (Lipinski definition) is 4. The highest BCUT2D eigenvalue weighted by Gasteiger charge is 2.37. The summed E-state index contributed by atoms with van der Waals surface area (Å²) in [6.45, 7) is 8.12. The first-order chi connectivity index (χ1) is 25.0. The molecular formula is C39H50F2N8O3. The van der Waals surface area contributed by atoms with Crippen LogP contribution in [0, 0.1) is 5.92 Å². The zero-order valence-corrected chi connectivity index (χ0v) is 30.3. The summed E-state index contributed by atoms with van der Waals surface area (Å²) in [5.74, 6) is -2.27. The summed E-state index contributed by atoms with van der Waals surface area (Å²) in [4.78, 5) is 39.4. The molecule has 278 valence electrons. The Morgan fingerprint density at radius 3 is 2.42 bits per heavy atom. The Hall–Kier alpha value is -4.36. The normalized spacial score (nSPS) is 23.8. The minimum absolute atomic E-state index is 0.0429. The number of rotatable bonds is 12. The van der Waals surface area contributed by atoms with Crippen LogP contribution in [0.4, 0.5) is 26.2 Å². The summed E-state index contributed by atoms with van der Waals surface area (Å²) < 4.78 is 35.2. The summed E-state index contributed by atoms with van der Waals surface area (Å²) in [5, 5.41) is 12.5. The second-order valence-electron chi connectivity index (χ2n) is 15.0. The second kappa shape index (κ2) is 15.3. The van der Waals surface area contributed by atoms with E-state index in [-0.39, 0.29) is 35.2 Å². The molecule has 7 rings (SSSR count). The van der Waals surface area contributed by atoms with Gasteiger partial charge < -0.3 is 30.9 Å². The van der Waals surface area contributed by atoms with Crippen LogP contribution in [0.25, 0.3) is 0 Å². The third-order valence-electron chi connectivity index (χ3n) is 11.1. The minimum atomic E-state index is -3.23. The van der Waals surface area contributed by atoms with Crippen LogP contribution in [-0.4, -0.2) is 89.5 Å². The van der Waals surface area contributed by atoms with Crippen molar-refractivity contribution in [3.8, 4) is 5.75 Å². The number of ether oxygens (including phenoxy) is 1. The van der Waals surface area contributed by atoms with Crippen LogP contribution >= 0.6 is 0 Å². The van der Waals surface area contributed by atoms with E-state index in [4.69, 9.17) is 4.74 Å². The summed E-state index contributed by atoms with van der Waals surface area (Å²) in [5.41, 5.74) is 2.52. The van der Waals surface area contributed by atoms with Crippen molar-refractivity contribution in [3.63, 3.8) is 0 Å². The molecule has 52 heavy (non-hydrogen) atoms. The number of benzene rings is 2. The Morgan fingerprint density at radius 1 is 0.981 bits per heavy atom. The standard InChI is InChI=1S/C39H50F2N8O3/c1-24(50)43-35-30-7-5-4-6-26(30)20-33(35)45-36-31(39(2,40)41)22-42-38(47-36)46-32-15-10-27(21-34(32)52-3)37(51)44-28-11-13-29(14-12-28)49-18-16-48(17-19-49)23-25-8-9-25/h4-7,10,15,21-22,25,28-29,33,35H,8-9,11-14,16-20,23H2,1-3H3,(H,43,50)(H,44,51)(H2,42,45,46,47). The Kier molecular flexibility index (Phi) is 10.6. The molecule has 1 saturated heterocycles. The summed E-state index contributed by atoms with van der Waals surface area (Å²) in [7, 11) is 1.50. The number of alkyl halides is 2. The molecular weight excluding hydrogens is 666 g/mol. The van der Waals surface area contributed by atoms with Gasteiger partial charge in [-0.25, -0.2) is 13.8 Å². The number of nitrogens with zero attached hydrogens (tertiary/aromatic N) is 4. The van der Waals surface area contributed by atoms with Gasteiger partial charge in [0, 0.05) is 70.4 Å². The second-order valence-corrected chi connectivity index (χ2v) is 15.0. The van der Waals surface area contributed by atoms with Gasteiger partial charge in [0.25, 0.3) is 11.8 Å². The fraction of sp³-hybridized carbons (Fsp3) is 0.538. The van der Waals surface area contributed by atoms with E-state index in [1.807, 2.05) is 24.3 Å². The van der Waals surface area contributed by atoms with E-state index < -0.39 is 18.0 Å². The van der Waals surface area contributed by atoms with Gasteiger partial charge in [-0.05, 0) is 80.2 Å². The van der Waals surface area contributed by atoms with E-state index in [1.165, 1.54) is 46.5 Å². The molecule has 0 spiro atoms. The van der Waals surface area contributed by atoms with Gasteiger partial charge in [-0.2, -0.15) is 4.98 Å². The SMILES string of the molecule is COc1cc(C(=O)NC2CCC(N3CCN(CC4CC4)CC3)CC2)ccc1Nc1ncc(C(C)(F)F)c(NC2Cc3ccccc3C2NC(C)=O)n1. The van der Waals surface area contributed by atoms with Crippen LogP contribution in [0.1, 0.15) is 85.5 Å². The molecule has 2 unspecified atom stereocenters. The van der Waals surface area contributed by atoms with Crippen LogP contribution in [-0.2, 0) is 17.1 Å². The molecule has 2 aromatic carbocycles. The number of halogens is 2. The molecule has 1 aliphatic heterocycles. The van der Waals surface area contributed by atoms with Gasteiger partial charge in [0.1, 0.15) is 11.6 Å². The van der Waals surface area contributed by atoms with Gasteiger partial charge in [-0.15, -0.1) is 0 Å². The number of amides is 2. The maximum absolute atomic E-state index is 14.8. The third-order valence-corrected chi connectivity index (χ3v) is 11.1. The molecule has 2 atom stereocenters. The topological polar surface area (TPSA) is 124 Å². The summed E-state index contributed by atoms with van der Waals surface area (Å²) in [6, 6.07) is 12.6. The van der Waals surface area contributed by atoms with Crippen LogP contribution in [0.3, 0.4) is 0 Å². The number of methoxy groups -OCH3 is 1. The molecule has 2 amide bonds. The predicted octanol–water partition coefficient (Wildman–Crippen LogP) is 5.62. The lowest BCUT2D eigenvalue weighted by Crippen LogP contribution is -2.52. The van der Waals surface area contributed by atoms with Crippen LogP contribution in [0.15, 0.2) is 48.7 Å². The lowest BCUT2D eigenvalue weighted by Gasteiger charge is -2.42. The monoisotopic (exact) mass is 716 g/mol. The Labute approximate surface area is 304 Å². The summed E-state index contributed by atoms with van der Waals surface area (Å²) in [6.07, 6.45) is 8.49. The van der Waals surface area contributed by atoms with Gasteiger partial charge in [0.2, 0.25) is 11.9 Å². The Balaban J connectivity index is 0.984. The van der Waals surface area contributed by atoms with Crippen molar-refractivity contribution < 1.29 is 23.1 Å². The number of fused-ring (bicyclic) bond motifs is 1. The minimum Gasteiger partial charge on any atom is -0.495 e. The van der Waals surface area contributed by atoms with Crippen molar-refractivity contribution >= 4 is 29.3 Å². The van der Waals surface area contributed by atoms with Crippen LogP contribution in [0.5, 0.6) is 5.75 Å². The highest BCUT2D eigenvalue weighted by atomic mass is 19.3. The van der Waals surface area contributed by atoms with Crippen LogP contribution < -0.4 is 26.0 Å². The molecule has 11 nitrogen and oxygen atoms in total. The highest BCUT2D eigenvalue weighted by Crippen LogP contribution is 2.38. The Bertz CT molecular complexity index is 1750. The summed E-state index contributed by atoms with van der Waals surface area (Å²) >= 11 is 0. The quantitative estimate of drug-likeness (QED) is 0.189. The number of anilines is 3. The van der Waals surface area contributed by atoms with Gasteiger partial charge >= 0.3 is 0 Å². The van der Waals surface area contributed by atoms with Gasteiger partial charge in [0.15, 0.2) is 0 Å². The first-order valence-electron chi connectivity index (χ1n) is 18.6. The molecule has 0 bridgehead atoms. The lowest BCUT2D eigenvalue weighted by atomic mass is 9.89. The third kappa shape index (κ3) is 8.47. The molecule has 2 heterocycles. The smallest absolute Gasteiger partial charge is 0.275 e. The van der Waals surface area contributed by atoms with Gasteiger partial charge in [-0.1, -0.05) is 24.3 Å². The van der Waals surface area contributed by atoms with Crippen molar-refractivity contribution in [1.82, 2.24) is 30.4 Å². The average molecular weight is 717 g/mol. The first kappa shape index (κ1) is 36.0. The Morgan fingerprint density at radius 2 is 1.73 bits per heavy atom. The van der Waals surface area contributed by atoms with Crippen molar-refractivity contribution in [1.29, 1.82) is 0 Å². The number of nitrogens with one attached hydrogen (secondary N) is 4. The molecule has 4 aliphatic rings. The van der Waals surface area contributed by atoms with Gasteiger partial charge in [0.05, 0.1) is 30.4 Å². The number of aromatic nitrogens is 2. The maximum Gasteiger partial charge on any atom is 0.275 e. The zero-order chi connectivity index (χ0) is 36.4. The van der Waals surface area contributed by atoms with Crippen molar-refractivity contribution in [2.45, 2.75) is 88.9 Å². The molecule has 3 aliphatic carbocycles. The predicted molar refractivity (Wildman–Crippen MR) is 196 cm³/mol. The molecule has 2 saturated carbocycles. The zero-order valence-electron chi connectivity index (χ0n) is 30.3. The molecule has 13 heteroatoms. The highest BCUT2D eigenvalue weighted by molar-refractivity contribution is 5.95. The van der Waals surface area contributed by atoms with E-state index in [1.54, 1.807) is 18.2 Å². The largest absolute Gasteiger partial charge is 0.495 e. The molecule has 0 radical (unpaired) electrons. The maximum atomic E-state index is 14.8. The van der Waals surface area contributed by atoms with Crippen LogP contribution in [0.2, 0.25) is 0 Å². The number of carbonyl (C=O) groups is 2. The van der Waals surface area contributed by atoms with E-state index in [0.29, 0.717) is 29.5 Å². The molecule has 3 fully saturated rings.